The van der Waals surface area contributed by atoms with Crippen LogP contribution in [-0.2, 0) is 9.53 Å². The quantitative estimate of drug-likeness (QED) is 0.296. The van der Waals surface area contributed by atoms with E-state index in [1.165, 1.54) is 15.9 Å². The fourth-order valence-electron chi connectivity index (χ4n) is 3.40. The highest BCUT2D eigenvalue weighted by Gasteiger charge is 2.36. The van der Waals surface area contributed by atoms with Crippen LogP contribution in [0.2, 0.25) is 0 Å². The second kappa shape index (κ2) is 8.20. The zero-order valence-corrected chi connectivity index (χ0v) is 18.8. The standard InChI is InChI=1S/C21H18N4O3S3/c1-3-12-16(13-6-7-15(23)30-13)17(21(27)28-9-22)20-25(18(12)24)19(26)14(31-20)8-11-5-4-10(2)29-11/h1,4-8,16H,9,22-24H2,2H3/b14-8+. The van der Waals surface area contributed by atoms with Crippen molar-refractivity contribution >= 4 is 62.5 Å². The number of aryl methyl sites for hydroxylation is 1. The molecular formula is C21H18N4O3S3. The van der Waals surface area contributed by atoms with E-state index in [1.54, 1.807) is 29.5 Å². The molecular weight excluding hydrogens is 452 g/mol. The molecule has 0 saturated heterocycles. The fraction of sp³-hybridized carbons (Fsp3) is 0.143. The van der Waals surface area contributed by atoms with Gasteiger partial charge in [-0.3, -0.25) is 15.1 Å². The second-order valence-electron chi connectivity index (χ2n) is 6.63. The van der Waals surface area contributed by atoms with E-state index in [1.807, 2.05) is 19.1 Å². The van der Waals surface area contributed by atoms with Gasteiger partial charge < -0.3 is 16.2 Å². The summed E-state index contributed by atoms with van der Waals surface area (Å²) in [6.45, 7) is 1.68. The lowest BCUT2D eigenvalue weighted by Gasteiger charge is -2.24. The zero-order valence-electron chi connectivity index (χ0n) is 16.4. The molecule has 10 heteroatoms. The summed E-state index contributed by atoms with van der Waals surface area (Å²) in [5.41, 5.74) is 17.9. The summed E-state index contributed by atoms with van der Waals surface area (Å²) in [4.78, 5) is 29.0. The first-order valence-corrected chi connectivity index (χ1v) is 11.5. The van der Waals surface area contributed by atoms with Gasteiger partial charge in [-0.15, -0.1) is 40.4 Å². The number of hydrogen-bond acceptors (Lipinski definition) is 9. The lowest BCUT2D eigenvalue weighted by atomic mass is 9.88. The minimum absolute atomic E-state index is 0.113. The van der Waals surface area contributed by atoms with Crippen LogP contribution in [-0.4, -0.2) is 17.3 Å². The Kier molecular flexibility index (Phi) is 5.60. The van der Waals surface area contributed by atoms with Crippen LogP contribution in [0.3, 0.4) is 0 Å². The molecule has 0 spiro atoms. The summed E-state index contributed by atoms with van der Waals surface area (Å²) in [5.74, 6) is 1.34. The third kappa shape index (κ3) is 3.62. The maximum Gasteiger partial charge on any atom is 0.339 e. The molecule has 0 saturated carbocycles. The van der Waals surface area contributed by atoms with Crippen LogP contribution in [0.5, 0.6) is 0 Å². The first-order chi connectivity index (χ1) is 14.8. The van der Waals surface area contributed by atoms with Crippen LogP contribution in [0.4, 0.5) is 5.00 Å². The van der Waals surface area contributed by atoms with Crippen molar-refractivity contribution in [2.45, 2.75) is 12.8 Å². The van der Waals surface area contributed by atoms with Crippen LogP contribution in [0, 0.1) is 19.3 Å². The lowest BCUT2D eigenvalue weighted by molar-refractivity contribution is -0.136. The van der Waals surface area contributed by atoms with Crippen molar-refractivity contribution in [1.82, 2.24) is 4.57 Å². The normalized spacial score (nSPS) is 16.4. The van der Waals surface area contributed by atoms with Gasteiger partial charge in [-0.2, -0.15) is 0 Å². The molecule has 0 fully saturated rings. The van der Waals surface area contributed by atoms with Gasteiger partial charge in [0.2, 0.25) is 0 Å². The Morgan fingerprint density at radius 1 is 1.26 bits per heavy atom. The number of allylic oxidation sites excluding steroid dienone is 1. The Morgan fingerprint density at radius 3 is 2.61 bits per heavy atom. The number of hydrogen-bond donors (Lipinski definition) is 3. The molecule has 3 aromatic rings. The summed E-state index contributed by atoms with van der Waals surface area (Å²) in [6, 6.07) is 7.41. The molecule has 0 amide bonds. The number of terminal acetylenes is 1. The highest BCUT2D eigenvalue weighted by Crippen LogP contribution is 2.40. The first kappa shape index (κ1) is 21.1. The van der Waals surface area contributed by atoms with E-state index in [4.69, 9.17) is 28.4 Å². The van der Waals surface area contributed by atoms with Gasteiger partial charge in [-0.1, -0.05) is 5.92 Å². The number of nitrogens with two attached hydrogens (primary N) is 3. The summed E-state index contributed by atoms with van der Waals surface area (Å²) < 4.78 is 7.21. The predicted octanol–water partition coefficient (Wildman–Crippen LogP) is 0.920. The van der Waals surface area contributed by atoms with Crippen molar-refractivity contribution in [2.24, 2.45) is 11.5 Å². The van der Waals surface area contributed by atoms with E-state index >= 15 is 0 Å². The summed E-state index contributed by atoms with van der Waals surface area (Å²) in [6.07, 6.45) is 7.56. The molecule has 0 bridgehead atoms. The average Bonchev–Trinajstić information content (AvgIpc) is 3.42. The molecule has 4 heterocycles. The van der Waals surface area contributed by atoms with Crippen molar-refractivity contribution in [3.8, 4) is 12.3 Å². The molecule has 1 aliphatic rings. The van der Waals surface area contributed by atoms with Crippen LogP contribution >= 0.6 is 34.0 Å². The molecule has 31 heavy (non-hydrogen) atoms. The van der Waals surface area contributed by atoms with Gasteiger partial charge in [0.1, 0.15) is 17.2 Å². The predicted molar refractivity (Wildman–Crippen MR) is 127 cm³/mol. The Bertz CT molecular complexity index is 1450. The van der Waals surface area contributed by atoms with Crippen LogP contribution in [0.15, 0.2) is 34.6 Å². The highest BCUT2D eigenvalue weighted by molar-refractivity contribution is 7.16. The number of thiophene rings is 2. The van der Waals surface area contributed by atoms with Crippen molar-refractivity contribution in [1.29, 1.82) is 0 Å². The number of nitrogens with zero attached hydrogens (tertiary/aromatic N) is 1. The number of rotatable bonds is 4. The van der Waals surface area contributed by atoms with Gasteiger partial charge in [0, 0.05) is 14.6 Å². The molecule has 158 valence electrons. The van der Waals surface area contributed by atoms with E-state index in [0.29, 0.717) is 19.8 Å². The fourth-order valence-corrected chi connectivity index (χ4v) is 6.35. The van der Waals surface area contributed by atoms with Gasteiger partial charge >= 0.3 is 5.97 Å². The van der Waals surface area contributed by atoms with Crippen molar-refractivity contribution in [2.75, 3.05) is 12.5 Å². The third-order valence-corrected chi connectivity index (χ3v) is 7.74. The molecule has 6 N–H and O–H groups in total. The van der Waals surface area contributed by atoms with Crippen molar-refractivity contribution in [3.63, 3.8) is 0 Å². The number of anilines is 1. The number of thiazole rings is 1. The van der Waals surface area contributed by atoms with Gasteiger partial charge in [0.15, 0.2) is 0 Å². The number of carbonyl (C=O) groups is 1. The molecule has 1 aliphatic heterocycles. The zero-order chi connectivity index (χ0) is 22.3. The number of aromatic nitrogens is 1. The molecule has 7 nitrogen and oxygen atoms in total. The van der Waals surface area contributed by atoms with E-state index < -0.39 is 11.9 Å². The van der Waals surface area contributed by atoms with Gasteiger partial charge in [0.25, 0.3) is 5.56 Å². The number of carbonyl (C=O) groups excluding carboxylic acids is 1. The Labute approximate surface area is 189 Å². The van der Waals surface area contributed by atoms with Crippen LogP contribution < -0.4 is 32.0 Å². The molecule has 0 aliphatic carbocycles. The van der Waals surface area contributed by atoms with Crippen molar-refractivity contribution in [3.05, 3.63) is 64.0 Å². The molecule has 0 radical (unpaired) electrons. The maximum atomic E-state index is 13.2. The molecule has 3 aromatic heterocycles. The van der Waals surface area contributed by atoms with Crippen molar-refractivity contribution < 1.29 is 9.53 Å². The number of ether oxygens (including phenoxy) is 1. The maximum absolute atomic E-state index is 13.2. The van der Waals surface area contributed by atoms with Gasteiger partial charge in [0.05, 0.1) is 26.6 Å². The third-order valence-electron chi connectivity index (χ3n) is 4.70. The summed E-state index contributed by atoms with van der Waals surface area (Å²) >= 11 is 4.01. The monoisotopic (exact) mass is 470 g/mol. The smallest absolute Gasteiger partial charge is 0.339 e. The van der Waals surface area contributed by atoms with E-state index in [-0.39, 0.29) is 23.7 Å². The first-order valence-electron chi connectivity index (χ1n) is 9.09. The Balaban J connectivity index is 2.10. The van der Waals surface area contributed by atoms with E-state index in [2.05, 4.69) is 5.92 Å². The molecule has 4 rings (SSSR count). The molecule has 1 unspecified atom stereocenters. The van der Waals surface area contributed by atoms with E-state index in [9.17, 15) is 9.59 Å². The largest absolute Gasteiger partial charge is 0.447 e. The van der Waals surface area contributed by atoms with Crippen LogP contribution in [0.25, 0.3) is 17.5 Å². The second-order valence-corrected chi connectivity index (χ2v) is 10.1. The molecule has 0 aromatic carbocycles. The Hall–Kier alpha value is -3.10. The summed E-state index contributed by atoms with van der Waals surface area (Å²) in [7, 11) is 0. The Morgan fingerprint density at radius 2 is 2.03 bits per heavy atom. The minimum Gasteiger partial charge on any atom is -0.447 e. The van der Waals surface area contributed by atoms with Gasteiger partial charge in [-0.05, 0) is 37.3 Å². The highest BCUT2D eigenvalue weighted by atomic mass is 32.1. The van der Waals surface area contributed by atoms with Gasteiger partial charge in [-0.25, -0.2) is 4.79 Å². The summed E-state index contributed by atoms with van der Waals surface area (Å²) in [5, 5.41) is 0.563. The minimum atomic E-state index is -0.679. The SMILES string of the molecule is C#CC1=C(N)n2c(s/c(=C/c3ccc(C)s3)c2=O)=C(C(=O)OCN)C1c1ccc(N)s1. The van der Waals surface area contributed by atoms with E-state index in [0.717, 1.165) is 26.0 Å². The topological polar surface area (TPSA) is 126 Å². The average molecular weight is 471 g/mol. The molecule has 1 atom stereocenters. The van der Waals surface area contributed by atoms with Crippen LogP contribution in [0.1, 0.15) is 20.5 Å². The number of esters is 1. The lowest BCUT2D eigenvalue weighted by Crippen LogP contribution is -2.40. The number of nitrogen functional groups attached to an aromatic ring is 1. The number of fused-ring (bicyclic) bond motifs is 1.